The maximum Gasteiger partial charge on any atom is 0.339 e. The third-order valence-corrected chi connectivity index (χ3v) is 5.04. The third-order valence-electron chi connectivity index (χ3n) is 4.75. The number of ether oxygens (including phenoxy) is 1. The molecule has 0 bridgehead atoms. The number of rotatable bonds is 9. The third kappa shape index (κ3) is 5.65. The van der Waals surface area contributed by atoms with E-state index in [0.29, 0.717) is 41.3 Å². The highest BCUT2D eigenvalue weighted by Crippen LogP contribution is 2.28. The Morgan fingerprint density at radius 1 is 1.21 bits per heavy atom. The Morgan fingerprint density at radius 3 is 2.85 bits per heavy atom. The summed E-state index contributed by atoms with van der Waals surface area (Å²) < 4.78 is 20.5. The molecule has 0 aliphatic rings. The van der Waals surface area contributed by atoms with Crippen LogP contribution in [0.5, 0.6) is 0 Å². The second kappa shape index (κ2) is 10.7. The molecule has 174 valence electrons. The van der Waals surface area contributed by atoms with E-state index in [9.17, 15) is 9.18 Å². The van der Waals surface area contributed by atoms with Crippen LogP contribution in [0.1, 0.15) is 17.3 Å². The van der Waals surface area contributed by atoms with E-state index in [4.69, 9.17) is 16.3 Å². The van der Waals surface area contributed by atoms with E-state index in [1.54, 1.807) is 37.9 Å². The fourth-order valence-electron chi connectivity index (χ4n) is 3.13. The standard InChI is InChI=1S/C23H21ClFN7O2/c1-2-34-22(33)16-9-15(11-27-12-16)18-13-29-23(30-17-3-4-20(25)19(24)10-17)31-21(18)28-6-8-32-7-5-26-14-32/h3-5,7,9-14H,2,6,8H2,1H3,(H2,28,29,30,31). The van der Waals surface area contributed by atoms with Crippen molar-refractivity contribution in [2.75, 3.05) is 23.8 Å². The predicted molar refractivity (Wildman–Crippen MR) is 127 cm³/mol. The molecule has 4 aromatic rings. The largest absolute Gasteiger partial charge is 0.462 e. The summed E-state index contributed by atoms with van der Waals surface area (Å²) >= 11 is 5.88. The normalized spacial score (nSPS) is 10.7. The number of halogens is 2. The molecule has 0 saturated carbocycles. The Balaban J connectivity index is 1.63. The Hall–Kier alpha value is -4.05. The average molecular weight is 482 g/mol. The number of pyridine rings is 1. The van der Waals surface area contributed by atoms with E-state index in [1.807, 2.05) is 10.8 Å². The number of esters is 1. The number of hydrogen-bond donors (Lipinski definition) is 2. The van der Waals surface area contributed by atoms with Crippen molar-refractivity contribution in [3.8, 4) is 11.1 Å². The van der Waals surface area contributed by atoms with Gasteiger partial charge >= 0.3 is 5.97 Å². The lowest BCUT2D eigenvalue weighted by atomic mass is 10.1. The monoisotopic (exact) mass is 481 g/mol. The van der Waals surface area contributed by atoms with Crippen LogP contribution in [0.2, 0.25) is 5.02 Å². The van der Waals surface area contributed by atoms with E-state index in [-0.39, 0.29) is 17.6 Å². The molecule has 0 atom stereocenters. The molecule has 0 aliphatic carbocycles. The number of nitrogens with zero attached hydrogens (tertiary/aromatic N) is 5. The van der Waals surface area contributed by atoms with Gasteiger partial charge in [-0.3, -0.25) is 4.98 Å². The van der Waals surface area contributed by atoms with Crippen LogP contribution in [-0.4, -0.2) is 43.6 Å². The molecule has 4 rings (SSSR count). The molecule has 0 spiro atoms. The van der Waals surface area contributed by atoms with E-state index in [0.717, 1.165) is 0 Å². The Morgan fingerprint density at radius 2 is 2.09 bits per heavy atom. The van der Waals surface area contributed by atoms with Gasteiger partial charge in [-0.05, 0) is 31.2 Å². The van der Waals surface area contributed by atoms with Gasteiger partial charge < -0.3 is 19.9 Å². The van der Waals surface area contributed by atoms with Gasteiger partial charge in [0.2, 0.25) is 5.95 Å². The quantitative estimate of drug-likeness (QED) is 0.335. The number of carbonyl (C=O) groups is 1. The van der Waals surface area contributed by atoms with Crippen LogP contribution >= 0.6 is 11.6 Å². The lowest BCUT2D eigenvalue weighted by Gasteiger charge is -2.14. The molecule has 0 unspecified atom stereocenters. The molecule has 9 nitrogen and oxygen atoms in total. The maximum absolute atomic E-state index is 13.5. The topological polar surface area (TPSA) is 107 Å². The van der Waals surface area contributed by atoms with Crippen LogP contribution < -0.4 is 10.6 Å². The first-order valence-electron chi connectivity index (χ1n) is 10.4. The van der Waals surface area contributed by atoms with E-state index >= 15 is 0 Å². The van der Waals surface area contributed by atoms with Gasteiger partial charge in [-0.2, -0.15) is 4.98 Å². The van der Waals surface area contributed by atoms with Gasteiger partial charge in [-0.15, -0.1) is 0 Å². The van der Waals surface area contributed by atoms with Crippen LogP contribution in [0.25, 0.3) is 11.1 Å². The highest BCUT2D eigenvalue weighted by atomic mass is 35.5. The molecule has 0 saturated heterocycles. The number of aromatic nitrogens is 5. The fraction of sp³-hybridized carbons (Fsp3) is 0.174. The van der Waals surface area contributed by atoms with Crippen molar-refractivity contribution in [2.24, 2.45) is 0 Å². The summed E-state index contributed by atoms with van der Waals surface area (Å²) in [7, 11) is 0. The summed E-state index contributed by atoms with van der Waals surface area (Å²) in [5.41, 5.74) is 2.15. The van der Waals surface area contributed by atoms with Gasteiger partial charge in [0.25, 0.3) is 0 Å². The molecule has 1 aromatic carbocycles. The number of nitrogens with one attached hydrogen (secondary N) is 2. The molecule has 0 fully saturated rings. The van der Waals surface area contributed by atoms with Crippen molar-refractivity contribution >= 4 is 35.0 Å². The molecule has 34 heavy (non-hydrogen) atoms. The Labute approximate surface area is 200 Å². The average Bonchev–Trinajstić information content (AvgIpc) is 3.35. The number of benzene rings is 1. The number of anilines is 3. The first-order valence-corrected chi connectivity index (χ1v) is 10.8. The van der Waals surface area contributed by atoms with Crippen LogP contribution in [0.4, 0.5) is 21.8 Å². The molecular formula is C23H21ClFN7O2. The summed E-state index contributed by atoms with van der Waals surface area (Å²) in [4.78, 5) is 29.3. The van der Waals surface area contributed by atoms with Crippen molar-refractivity contribution < 1.29 is 13.9 Å². The van der Waals surface area contributed by atoms with Gasteiger partial charge in [0.05, 0.1) is 23.5 Å². The highest BCUT2D eigenvalue weighted by Gasteiger charge is 2.14. The van der Waals surface area contributed by atoms with Gasteiger partial charge in [-0.25, -0.2) is 19.2 Å². The summed E-state index contributed by atoms with van der Waals surface area (Å²) in [6.07, 6.45) is 9.98. The van der Waals surface area contributed by atoms with E-state index < -0.39 is 11.8 Å². The minimum Gasteiger partial charge on any atom is -0.462 e. The van der Waals surface area contributed by atoms with Gasteiger partial charge in [-0.1, -0.05) is 11.6 Å². The van der Waals surface area contributed by atoms with Crippen LogP contribution in [-0.2, 0) is 11.3 Å². The van der Waals surface area contributed by atoms with Crippen molar-refractivity contribution in [3.63, 3.8) is 0 Å². The molecule has 11 heteroatoms. The zero-order valence-corrected chi connectivity index (χ0v) is 19.0. The second-order valence-electron chi connectivity index (χ2n) is 7.12. The molecule has 0 amide bonds. The Bertz CT molecular complexity index is 1280. The molecule has 3 aromatic heterocycles. The zero-order valence-electron chi connectivity index (χ0n) is 18.2. The van der Waals surface area contributed by atoms with Crippen molar-refractivity contribution in [1.29, 1.82) is 0 Å². The zero-order chi connectivity index (χ0) is 23.9. The van der Waals surface area contributed by atoms with Crippen LogP contribution in [0.15, 0.2) is 61.6 Å². The number of imidazole rings is 1. The second-order valence-corrected chi connectivity index (χ2v) is 7.53. The lowest BCUT2D eigenvalue weighted by molar-refractivity contribution is 0.0526. The number of hydrogen-bond acceptors (Lipinski definition) is 8. The molecular weight excluding hydrogens is 461 g/mol. The Kier molecular flexibility index (Phi) is 7.28. The summed E-state index contributed by atoms with van der Waals surface area (Å²) in [6.45, 7) is 3.21. The lowest BCUT2D eigenvalue weighted by Crippen LogP contribution is -2.12. The first-order chi connectivity index (χ1) is 16.5. The summed E-state index contributed by atoms with van der Waals surface area (Å²) in [6, 6.07) is 5.93. The van der Waals surface area contributed by atoms with Gasteiger partial charge in [0.15, 0.2) is 0 Å². The number of carbonyl (C=O) groups excluding carboxylic acids is 1. The van der Waals surface area contributed by atoms with Crippen LogP contribution in [0, 0.1) is 5.82 Å². The molecule has 0 radical (unpaired) electrons. The van der Waals surface area contributed by atoms with Crippen LogP contribution in [0.3, 0.4) is 0 Å². The van der Waals surface area contributed by atoms with Crippen molar-refractivity contribution in [2.45, 2.75) is 13.5 Å². The highest BCUT2D eigenvalue weighted by molar-refractivity contribution is 6.31. The van der Waals surface area contributed by atoms with E-state index in [2.05, 4.69) is 30.6 Å². The van der Waals surface area contributed by atoms with Gasteiger partial charge in [0.1, 0.15) is 11.6 Å². The predicted octanol–water partition coefficient (Wildman–Crippen LogP) is 4.56. The SMILES string of the molecule is CCOC(=O)c1cncc(-c2cnc(Nc3ccc(F)c(Cl)c3)nc2NCCn2ccnc2)c1. The molecule has 0 aliphatic heterocycles. The summed E-state index contributed by atoms with van der Waals surface area (Å²) in [5.74, 6) is -0.169. The fourth-order valence-corrected chi connectivity index (χ4v) is 3.31. The van der Waals surface area contributed by atoms with E-state index in [1.165, 1.54) is 24.4 Å². The van der Waals surface area contributed by atoms with Crippen molar-refractivity contribution in [3.05, 3.63) is 78.0 Å². The summed E-state index contributed by atoms with van der Waals surface area (Å²) in [5, 5.41) is 6.31. The minimum atomic E-state index is -0.515. The first kappa shape index (κ1) is 23.1. The minimum absolute atomic E-state index is 0.0119. The van der Waals surface area contributed by atoms with Gasteiger partial charge in [0, 0.05) is 60.9 Å². The van der Waals surface area contributed by atoms with Crippen molar-refractivity contribution in [1.82, 2.24) is 24.5 Å². The molecule has 3 heterocycles. The smallest absolute Gasteiger partial charge is 0.339 e. The maximum atomic E-state index is 13.5. The molecule has 2 N–H and O–H groups in total.